The number of nitrogens with one attached hydrogen (secondary N) is 8. The molecule has 0 aliphatic carbocycles. The molecule has 0 unspecified atom stereocenters. The summed E-state index contributed by atoms with van der Waals surface area (Å²) in [7, 11) is 0. The first-order valence-electron chi connectivity index (χ1n) is 14.1. The second-order valence-corrected chi connectivity index (χ2v) is 11.6. The van der Waals surface area contributed by atoms with Gasteiger partial charge in [0.15, 0.2) is 47.5 Å². The van der Waals surface area contributed by atoms with E-state index in [1.807, 2.05) is 0 Å². The molecule has 8 aromatic rings. The molecule has 9 heterocycles. The Morgan fingerprint density at radius 1 is 0.720 bits per heavy atom. The molecule has 0 amide bonds. The van der Waals surface area contributed by atoms with Crippen LogP contribution in [0.3, 0.4) is 0 Å². The number of aliphatic hydroxyl groups is 3. The fourth-order valence-corrected chi connectivity index (χ4v) is 5.34. The van der Waals surface area contributed by atoms with Gasteiger partial charge in [-0.25, -0.2) is 34.9 Å². The van der Waals surface area contributed by atoms with E-state index in [-0.39, 0.29) is 15.9 Å². The second kappa shape index (κ2) is 15.1. The molecule has 1 saturated heterocycles. The molecule has 25 heteroatoms. The largest absolute Gasteiger partial charge is 0.394 e. The molecule has 8 aromatic heterocycles. The highest BCUT2D eigenvalue weighted by Gasteiger charge is 2.43. The van der Waals surface area contributed by atoms with E-state index in [0.717, 1.165) is 33.5 Å². The molecular formula is C25H24N16O5S4. The van der Waals surface area contributed by atoms with Crippen LogP contribution in [0.15, 0.2) is 49.0 Å². The van der Waals surface area contributed by atoms with Crippen LogP contribution >= 0.6 is 48.9 Å². The van der Waals surface area contributed by atoms with Crippen LogP contribution in [0.2, 0.25) is 0 Å². The Kier molecular flexibility index (Phi) is 10.4. The Morgan fingerprint density at radius 3 is 1.92 bits per heavy atom. The van der Waals surface area contributed by atoms with Crippen LogP contribution in [0, 0.1) is 18.8 Å². The number of aromatic amines is 8. The van der Waals surface area contributed by atoms with Crippen molar-refractivity contribution >= 4 is 93.5 Å². The number of nitrogens with zero attached hydrogens (tertiary/aromatic N) is 8. The van der Waals surface area contributed by atoms with Crippen molar-refractivity contribution in [2.24, 2.45) is 0 Å². The third-order valence-electron chi connectivity index (χ3n) is 6.94. The molecule has 0 saturated carbocycles. The Morgan fingerprint density at radius 2 is 1.32 bits per heavy atom. The highest BCUT2D eigenvalue weighted by Crippen LogP contribution is 2.30. The first-order valence-corrected chi connectivity index (χ1v) is 15.7. The van der Waals surface area contributed by atoms with Gasteiger partial charge in [-0.15, -0.1) is 0 Å². The third-order valence-corrected chi connectivity index (χ3v) is 7.97. The molecule has 0 bridgehead atoms. The number of hydrogen-bond donors (Lipinski definition) is 11. The number of rotatable bonds is 2. The molecule has 1 aliphatic heterocycles. The summed E-state index contributed by atoms with van der Waals surface area (Å²) in [5, 5.41) is 28.8. The van der Waals surface area contributed by atoms with E-state index >= 15 is 0 Å². The summed E-state index contributed by atoms with van der Waals surface area (Å²) in [6.07, 6.45) is 6.41. The number of H-pyrrole nitrogens is 8. The SMILES string of the molecule is O=c1[nH]c(=S)[nH]c2c1ncn2[C@@H]1O[C@H](CO)[C@@H](O)[C@H]1O.S=c1nc[nH]c2nc[nH]c12.S=c1nc[nH]c2nc[nH]c12.S=c1ncc2[nH]cnc2[nH]1. The summed E-state index contributed by atoms with van der Waals surface area (Å²) in [4.78, 5) is 61.4. The van der Waals surface area contributed by atoms with Gasteiger partial charge in [0, 0.05) is 0 Å². The van der Waals surface area contributed by atoms with E-state index in [4.69, 9.17) is 58.7 Å². The van der Waals surface area contributed by atoms with Gasteiger partial charge < -0.3 is 54.9 Å². The first-order chi connectivity index (χ1) is 24.1. The molecule has 11 N–H and O–H groups in total. The lowest BCUT2D eigenvalue weighted by Gasteiger charge is -2.16. The predicted octanol–water partition coefficient (Wildman–Crippen LogP) is 1.44. The maximum atomic E-state index is 11.7. The predicted molar refractivity (Wildman–Crippen MR) is 186 cm³/mol. The molecule has 0 spiro atoms. The van der Waals surface area contributed by atoms with Gasteiger partial charge in [-0.05, 0) is 24.4 Å². The summed E-state index contributed by atoms with van der Waals surface area (Å²) >= 11 is 19.5. The average molecular weight is 757 g/mol. The minimum Gasteiger partial charge on any atom is -0.394 e. The number of aliphatic hydroxyl groups excluding tert-OH is 3. The van der Waals surface area contributed by atoms with E-state index in [9.17, 15) is 15.0 Å². The standard InChI is InChI=1S/C10H12N4O5S.3C5H4N4S/c15-1-3-5(16)6(17)9(19-3)14-2-11-4-7(14)12-10(20)13-8(4)18;2*10-5-3-4(7-1-6-3)8-2-9-5;10-5-6-1-3-4(9-5)8-2-7-3/h2-3,5-6,9,15-17H,1H2,(H2,12,13,18,20);3*1-2H,(H2,6,7,8,9,10)/t3-,5-,6-,9-;;;/m1.../s1. The van der Waals surface area contributed by atoms with Crippen LogP contribution in [0.1, 0.15) is 6.23 Å². The first kappa shape index (κ1) is 34.6. The molecule has 0 radical (unpaired) electrons. The average Bonchev–Trinajstić information content (AvgIpc) is 3.94. The van der Waals surface area contributed by atoms with E-state index in [0.29, 0.717) is 14.1 Å². The van der Waals surface area contributed by atoms with E-state index < -0.39 is 36.7 Å². The smallest absolute Gasteiger partial charge is 0.279 e. The van der Waals surface area contributed by atoms with Crippen molar-refractivity contribution < 1.29 is 20.1 Å². The molecule has 258 valence electrons. The molecule has 21 nitrogen and oxygen atoms in total. The second-order valence-electron chi connectivity index (χ2n) is 10.0. The van der Waals surface area contributed by atoms with Crippen molar-refractivity contribution in [1.82, 2.24) is 79.3 Å². The minimum absolute atomic E-state index is 0.107. The maximum Gasteiger partial charge on any atom is 0.279 e. The van der Waals surface area contributed by atoms with Crippen LogP contribution < -0.4 is 5.56 Å². The number of fused-ring (bicyclic) bond motifs is 4. The molecule has 4 atom stereocenters. The normalized spacial score (nSPS) is 18.3. The van der Waals surface area contributed by atoms with Crippen LogP contribution in [0.4, 0.5) is 0 Å². The zero-order chi connectivity index (χ0) is 35.4. The van der Waals surface area contributed by atoms with Crippen molar-refractivity contribution in [3.8, 4) is 0 Å². The van der Waals surface area contributed by atoms with Gasteiger partial charge >= 0.3 is 0 Å². The lowest BCUT2D eigenvalue weighted by molar-refractivity contribution is -0.0511. The Labute approximate surface area is 296 Å². The molecule has 1 aliphatic rings. The van der Waals surface area contributed by atoms with Gasteiger partial charge in [-0.1, -0.05) is 24.4 Å². The zero-order valence-corrected chi connectivity index (χ0v) is 28.2. The zero-order valence-electron chi connectivity index (χ0n) is 24.9. The van der Waals surface area contributed by atoms with Crippen LogP contribution in [-0.2, 0) is 4.74 Å². The molecule has 9 rings (SSSR count). The van der Waals surface area contributed by atoms with Crippen molar-refractivity contribution in [2.45, 2.75) is 24.5 Å². The number of imidazole rings is 4. The van der Waals surface area contributed by atoms with Crippen LogP contribution in [0.5, 0.6) is 0 Å². The molecule has 50 heavy (non-hydrogen) atoms. The Hall–Kier alpha value is -5.28. The summed E-state index contributed by atoms with van der Waals surface area (Å²) < 4.78 is 8.40. The lowest BCUT2D eigenvalue weighted by atomic mass is 10.1. The van der Waals surface area contributed by atoms with Crippen molar-refractivity contribution in [3.63, 3.8) is 0 Å². The van der Waals surface area contributed by atoms with Crippen LogP contribution in [-0.4, -0.2) is 120 Å². The molecule has 0 aromatic carbocycles. The van der Waals surface area contributed by atoms with Gasteiger partial charge in [0.2, 0.25) is 0 Å². The van der Waals surface area contributed by atoms with Gasteiger partial charge in [-0.3, -0.25) is 14.3 Å². The van der Waals surface area contributed by atoms with Crippen molar-refractivity contribution in [1.29, 1.82) is 0 Å². The topological polar surface area (TPSA) is 308 Å². The van der Waals surface area contributed by atoms with Gasteiger partial charge in [0.1, 0.15) is 40.5 Å². The third kappa shape index (κ3) is 7.33. The Bertz CT molecular complexity index is 2610. The fraction of sp³-hybridized carbons (Fsp3) is 0.200. The monoisotopic (exact) mass is 756 g/mol. The van der Waals surface area contributed by atoms with Gasteiger partial charge in [0.25, 0.3) is 5.56 Å². The van der Waals surface area contributed by atoms with E-state index in [2.05, 4.69) is 74.8 Å². The summed E-state index contributed by atoms with van der Waals surface area (Å²) in [5.41, 5.74) is 4.61. The highest BCUT2D eigenvalue weighted by atomic mass is 32.1. The fourth-order valence-electron chi connectivity index (χ4n) is 4.58. The lowest BCUT2D eigenvalue weighted by Crippen LogP contribution is -2.33. The van der Waals surface area contributed by atoms with Crippen molar-refractivity contribution in [3.05, 3.63) is 73.3 Å². The van der Waals surface area contributed by atoms with Crippen molar-refractivity contribution in [2.75, 3.05) is 6.61 Å². The summed E-state index contributed by atoms with van der Waals surface area (Å²) in [6, 6.07) is 0. The number of aromatic nitrogens is 16. The summed E-state index contributed by atoms with van der Waals surface area (Å²) in [6.45, 7) is -0.433. The van der Waals surface area contributed by atoms with E-state index in [1.54, 1.807) is 25.2 Å². The number of ether oxygens (including phenoxy) is 1. The molecule has 1 fully saturated rings. The van der Waals surface area contributed by atoms with E-state index in [1.165, 1.54) is 23.5 Å². The quantitative estimate of drug-likeness (QED) is 0.111. The number of hydrogen-bond acceptors (Lipinski definition) is 16. The summed E-state index contributed by atoms with van der Waals surface area (Å²) in [5.74, 6) is 0. The Balaban J connectivity index is 0.000000122. The van der Waals surface area contributed by atoms with Gasteiger partial charge in [0.05, 0.1) is 50.8 Å². The minimum atomic E-state index is -1.26. The van der Waals surface area contributed by atoms with Crippen LogP contribution in [0.25, 0.3) is 44.7 Å². The van der Waals surface area contributed by atoms with Gasteiger partial charge in [-0.2, -0.15) is 0 Å². The highest BCUT2D eigenvalue weighted by molar-refractivity contribution is 7.72. The maximum absolute atomic E-state index is 11.7. The molecular weight excluding hydrogens is 733 g/mol.